The van der Waals surface area contributed by atoms with E-state index in [4.69, 9.17) is 9.47 Å². The summed E-state index contributed by atoms with van der Waals surface area (Å²) in [6.45, 7) is 1.85. The molecule has 3 aromatic rings. The van der Waals surface area contributed by atoms with Crippen molar-refractivity contribution >= 4 is 17.6 Å². The van der Waals surface area contributed by atoms with E-state index in [1.165, 1.54) is 12.8 Å². The maximum atomic E-state index is 11.6. The number of ether oxygens (including phenoxy) is 2. The van der Waals surface area contributed by atoms with Crippen molar-refractivity contribution in [3.05, 3.63) is 94.5 Å². The van der Waals surface area contributed by atoms with Crippen LogP contribution in [0.3, 0.4) is 0 Å². The molecule has 1 N–H and O–H groups in total. The molecule has 0 aromatic heterocycles. The molecule has 1 saturated carbocycles. The molecule has 0 aliphatic heterocycles. The average molecular weight is 429 g/mol. The summed E-state index contributed by atoms with van der Waals surface area (Å²) in [5, 5.41) is 9.54. The van der Waals surface area contributed by atoms with Crippen LogP contribution in [0.15, 0.2) is 66.7 Å². The summed E-state index contributed by atoms with van der Waals surface area (Å²) in [5.41, 5.74) is 4.96. The van der Waals surface area contributed by atoms with Crippen molar-refractivity contribution in [1.82, 2.24) is 0 Å². The standard InChI is InChI=1S/C28H28O4/c1-19-21(11-8-14-24(19)28(29)30)17-25(20-9-4-3-5-10-20)22-15-16-26(31-2)27(18-22)32-23-12-6-7-13-23/h3-5,8-11,14-18,23H,6-7,12-13H2,1-2H3,(H,29,30)/b25-17+. The Morgan fingerprint density at radius 1 is 0.938 bits per heavy atom. The molecule has 0 heterocycles. The van der Waals surface area contributed by atoms with E-state index in [0.29, 0.717) is 5.56 Å². The highest BCUT2D eigenvalue weighted by atomic mass is 16.5. The topological polar surface area (TPSA) is 55.8 Å². The Bertz CT molecular complexity index is 1130. The van der Waals surface area contributed by atoms with Crippen LogP contribution in [-0.2, 0) is 0 Å². The Morgan fingerprint density at radius 3 is 2.38 bits per heavy atom. The molecular weight excluding hydrogens is 400 g/mol. The van der Waals surface area contributed by atoms with Gasteiger partial charge < -0.3 is 14.6 Å². The van der Waals surface area contributed by atoms with Gasteiger partial charge in [0.05, 0.1) is 18.8 Å². The minimum absolute atomic E-state index is 0.220. The van der Waals surface area contributed by atoms with Crippen LogP contribution in [0.5, 0.6) is 11.5 Å². The zero-order valence-electron chi connectivity index (χ0n) is 18.5. The van der Waals surface area contributed by atoms with Gasteiger partial charge in [0.15, 0.2) is 11.5 Å². The number of rotatable bonds is 7. The number of benzene rings is 3. The van der Waals surface area contributed by atoms with Gasteiger partial charge in [0.1, 0.15) is 0 Å². The molecule has 0 unspecified atom stereocenters. The fraction of sp³-hybridized carbons (Fsp3) is 0.250. The maximum Gasteiger partial charge on any atom is 0.335 e. The Morgan fingerprint density at radius 2 is 1.69 bits per heavy atom. The molecule has 1 fully saturated rings. The molecule has 1 aliphatic carbocycles. The summed E-state index contributed by atoms with van der Waals surface area (Å²) in [4.78, 5) is 11.6. The predicted molar refractivity (Wildman–Crippen MR) is 127 cm³/mol. The number of hydrogen-bond donors (Lipinski definition) is 1. The largest absolute Gasteiger partial charge is 0.493 e. The Labute approximate surface area is 189 Å². The van der Waals surface area contributed by atoms with Gasteiger partial charge in [-0.15, -0.1) is 0 Å². The molecule has 0 spiro atoms. The molecule has 1 aliphatic rings. The lowest BCUT2D eigenvalue weighted by Crippen LogP contribution is -2.11. The Balaban J connectivity index is 1.83. The van der Waals surface area contributed by atoms with E-state index < -0.39 is 5.97 Å². The molecule has 0 atom stereocenters. The second-order valence-electron chi connectivity index (χ2n) is 8.14. The first-order valence-electron chi connectivity index (χ1n) is 11.0. The van der Waals surface area contributed by atoms with E-state index in [-0.39, 0.29) is 6.10 Å². The van der Waals surface area contributed by atoms with Crippen molar-refractivity contribution in [3.63, 3.8) is 0 Å². The van der Waals surface area contributed by atoms with Crippen molar-refractivity contribution < 1.29 is 19.4 Å². The minimum atomic E-state index is -0.921. The predicted octanol–water partition coefficient (Wildman–Crippen LogP) is 6.61. The van der Waals surface area contributed by atoms with Crippen molar-refractivity contribution in [3.8, 4) is 11.5 Å². The maximum absolute atomic E-state index is 11.6. The van der Waals surface area contributed by atoms with Crippen LogP contribution in [0.25, 0.3) is 11.6 Å². The molecule has 4 nitrogen and oxygen atoms in total. The van der Waals surface area contributed by atoms with Gasteiger partial charge >= 0.3 is 5.97 Å². The van der Waals surface area contributed by atoms with Crippen LogP contribution in [0.1, 0.15) is 58.3 Å². The second kappa shape index (κ2) is 9.73. The van der Waals surface area contributed by atoms with Crippen LogP contribution in [-0.4, -0.2) is 24.3 Å². The molecule has 4 rings (SSSR count). The molecule has 32 heavy (non-hydrogen) atoms. The SMILES string of the molecule is COc1ccc(/C(=C/c2cccc(C(=O)O)c2C)c2ccccc2)cc1OC1CCCC1. The highest BCUT2D eigenvalue weighted by molar-refractivity contribution is 5.95. The third-order valence-electron chi connectivity index (χ3n) is 6.06. The van der Waals surface area contributed by atoms with Gasteiger partial charge in [0.25, 0.3) is 0 Å². The quantitative estimate of drug-likeness (QED) is 0.430. The fourth-order valence-corrected chi connectivity index (χ4v) is 4.27. The first-order valence-corrected chi connectivity index (χ1v) is 11.0. The Hall–Kier alpha value is -3.53. The molecule has 0 bridgehead atoms. The lowest BCUT2D eigenvalue weighted by molar-refractivity contribution is 0.0696. The average Bonchev–Trinajstić information content (AvgIpc) is 3.32. The van der Waals surface area contributed by atoms with Crippen LogP contribution in [0, 0.1) is 6.92 Å². The lowest BCUT2D eigenvalue weighted by Gasteiger charge is -2.18. The summed E-state index contributed by atoms with van der Waals surface area (Å²) < 4.78 is 11.9. The minimum Gasteiger partial charge on any atom is -0.493 e. The summed E-state index contributed by atoms with van der Waals surface area (Å²) >= 11 is 0. The third kappa shape index (κ3) is 4.70. The van der Waals surface area contributed by atoms with Gasteiger partial charge in [-0.05, 0) is 84.7 Å². The molecular formula is C28H28O4. The molecule has 0 saturated heterocycles. The number of carbonyl (C=O) groups is 1. The van der Waals surface area contributed by atoms with Crippen LogP contribution in [0.2, 0.25) is 0 Å². The molecule has 164 valence electrons. The molecule has 0 amide bonds. The first-order chi connectivity index (χ1) is 15.6. The number of aromatic carboxylic acids is 1. The van der Waals surface area contributed by atoms with Crippen molar-refractivity contribution in [2.24, 2.45) is 0 Å². The van der Waals surface area contributed by atoms with Crippen LogP contribution < -0.4 is 9.47 Å². The second-order valence-corrected chi connectivity index (χ2v) is 8.14. The third-order valence-corrected chi connectivity index (χ3v) is 6.06. The normalized spacial score (nSPS) is 14.4. The lowest BCUT2D eigenvalue weighted by atomic mass is 9.93. The monoisotopic (exact) mass is 428 g/mol. The van der Waals surface area contributed by atoms with Gasteiger partial charge in [-0.3, -0.25) is 0 Å². The van der Waals surface area contributed by atoms with E-state index >= 15 is 0 Å². The van der Waals surface area contributed by atoms with Gasteiger partial charge in [-0.25, -0.2) is 4.79 Å². The smallest absolute Gasteiger partial charge is 0.335 e. The number of carboxylic acid groups (broad SMARTS) is 1. The van der Waals surface area contributed by atoms with Gasteiger partial charge in [-0.2, -0.15) is 0 Å². The van der Waals surface area contributed by atoms with Gasteiger partial charge in [0, 0.05) is 0 Å². The van der Waals surface area contributed by atoms with E-state index in [1.807, 2.05) is 49.4 Å². The molecule has 4 heteroatoms. The zero-order chi connectivity index (χ0) is 22.5. The van der Waals surface area contributed by atoms with Crippen molar-refractivity contribution in [2.75, 3.05) is 7.11 Å². The van der Waals surface area contributed by atoms with Crippen LogP contribution in [0.4, 0.5) is 0 Å². The van der Waals surface area contributed by atoms with Gasteiger partial charge in [-0.1, -0.05) is 48.5 Å². The van der Waals surface area contributed by atoms with Crippen LogP contribution >= 0.6 is 0 Å². The van der Waals surface area contributed by atoms with Crippen molar-refractivity contribution in [1.29, 1.82) is 0 Å². The molecule has 0 radical (unpaired) electrons. The van der Waals surface area contributed by atoms with E-state index in [9.17, 15) is 9.90 Å². The van der Waals surface area contributed by atoms with Gasteiger partial charge in [0.2, 0.25) is 0 Å². The highest BCUT2D eigenvalue weighted by Gasteiger charge is 2.19. The number of carboxylic acids is 1. The number of methoxy groups -OCH3 is 1. The summed E-state index contributed by atoms with van der Waals surface area (Å²) in [5.74, 6) is 0.544. The highest BCUT2D eigenvalue weighted by Crippen LogP contribution is 2.36. The van der Waals surface area contributed by atoms with E-state index in [0.717, 1.165) is 52.2 Å². The van der Waals surface area contributed by atoms with Crippen molar-refractivity contribution in [2.45, 2.75) is 38.7 Å². The number of hydrogen-bond acceptors (Lipinski definition) is 3. The first kappa shape index (κ1) is 21.7. The fourth-order valence-electron chi connectivity index (χ4n) is 4.27. The zero-order valence-corrected chi connectivity index (χ0v) is 18.5. The van der Waals surface area contributed by atoms with E-state index in [1.54, 1.807) is 19.2 Å². The Kier molecular flexibility index (Phi) is 6.60. The summed E-state index contributed by atoms with van der Waals surface area (Å²) in [6, 6.07) is 21.5. The molecule has 3 aromatic carbocycles. The summed E-state index contributed by atoms with van der Waals surface area (Å²) in [6.07, 6.45) is 6.80. The van der Waals surface area contributed by atoms with E-state index in [2.05, 4.69) is 18.2 Å². The summed E-state index contributed by atoms with van der Waals surface area (Å²) in [7, 11) is 1.66.